The maximum Gasteiger partial charge on any atom is 0.186 e. The van der Waals surface area contributed by atoms with E-state index in [0.717, 1.165) is 5.39 Å². The van der Waals surface area contributed by atoms with E-state index in [1.165, 1.54) is 6.26 Å². The fourth-order valence-corrected chi connectivity index (χ4v) is 2.53. The molecule has 6 nitrogen and oxygen atoms in total. The molecular weight excluding hydrogens is 276 g/mol. The maximum atomic E-state index is 11.1. The number of fused-ring (bicyclic) bond motifs is 1. The van der Waals surface area contributed by atoms with Crippen LogP contribution in [0.5, 0.6) is 0 Å². The van der Waals surface area contributed by atoms with Gasteiger partial charge in [-0.25, -0.2) is 8.42 Å². The normalized spacial score (nSPS) is 11.2. The number of anilines is 1. The molecule has 2 rings (SSSR count). The van der Waals surface area contributed by atoms with E-state index in [1.54, 1.807) is 0 Å². The van der Waals surface area contributed by atoms with Crippen LogP contribution in [-0.4, -0.2) is 37.2 Å². The van der Waals surface area contributed by atoms with Gasteiger partial charge in [0.25, 0.3) is 0 Å². The summed E-state index contributed by atoms with van der Waals surface area (Å²) >= 11 is 0. The van der Waals surface area contributed by atoms with E-state index in [4.69, 9.17) is 5.26 Å². The minimum absolute atomic E-state index is 0.109. The van der Waals surface area contributed by atoms with E-state index in [1.807, 2.05) is 30.3 Å². The number of hydrogen-bond acceptors (Lipinski definition) is 6. The SMILES string of the molecule is CS(=O)(=O)CCCNc1c(C#N)nnc2ccccc12. The molecule has 7 heteroatoms. The Morgan fingerprint density at radius 2 is 2.05 bits per heavy atom. The third-order valence-corrected chi connectivity index (χ3v) is 3.80. The topological polar surface area (TPSA) is 95.7 Å². The third-order valence-electron chi connectivity index (χ3n) is 2.77. The Hall–Kier alpha value is -2.20. The van der Waals surface area contributed by atoms with Crippen molar-refractivity contribution in [2.45, 2.75) is 6.42 Å². The number of nitrogens with zero attached hydrogens (tertiary/aromatic N) is 3. The molecule has 0 bridgehead atoms. The number of sulfone groups is 1. The van der Waals surface area contributed by atoms with Gasteiger partial charge < -0.3 is 5.32 Å². The number of benzene rings is 1. The Balaban J connectivity index is 2.22. The van der Waals surface area contributed by atoms with E-state index in [0.29, 0.717) is 24.2 Å². The highest BCUT2D eigenvalue weighted by Crippen LogP contribution is 2.23. The second-order valence-corrected chi connectivity index (χ2v) is 6.72. The van der Waals surface area contributed by atoms with E-state index in [-0.39, 0.29) is 11.4 Å². The van der Waals surface area contributed by atoms with Crippen LogP contribution in [0.2, 0.25) is 0 Å². The van der Waals surface area contributed by atoms with Crippen LogP contribution >= 0.6 is 0 Å². The first-order chi connectivity index (χ1) is 9.51. The predicted octanol–water partition coefficient (Wildman–Crippen LogP) is 1.35. The molecule has 20 heavy (non-hydrogen) atoms. The van der Waals surface area contributed by atoms with Gasteiger partial charge in [-0.05, 0) is 12.5 Å². The maximum absolute atomic E-state index is 11.1. The molecule has 0 fully saturated rings. The predicted molar refractivity (Wildman–Crippen MR) is 77.1 cm³/mol. The molecule has 0 spiro atoms. The van der Waals surface area contributed by atoms with Crippen molar-refractivity contribution in [1.82, 2.24) is 10.2 Å². The van der Waals surface area contributed by atoms with Crippen molar-refractivity contribution in [2.24, 2.45) is 0 Å². The zero-order valence-electron chi connectivity index (χ0n) is 11.0. The standard InChI is InChI=1S/C13H14N4O2S/c1-20(18,19)8-4-7-15-13-10-5-2-3-6-11(10)16-17-12(13)9-14/h2-3,5-6H,4,7-8H2,1H3,(H,15,16). The van der Waals surface area contributed by atoms with Gasteiger partial charge in [0.15, 0.2) is 5.69 Å². The highest BCUT2D eigenvalue weighted by atomic mass is 32.2. The second-order valence-electron chi connectivity index (χ2n) is 4.46. The summed E-state index contributed by atoms with van der Waals surface area (Å²) in [4.78, 5) is 0. The first-order valence-electron chi connectivity index (χ1n) is 6.08. The molecule has 104 valence electrons. The van der Waals surface area contributed by atoms with Crippen molar-refractivity contribution in [2.75, 3.05) is 23.9 Å². The smallest absolute Gasteiger partial charge is 0.186 e. The van der Waals surface area contributed by atoms with Crippen LogP contribution in [0.15, 0.2) is 24.3 Å². The highest BCUT2D eigenvalue weighted by Gasteiger charge is 2.10. The Labute approximate surface area is 117 Å². The lowest BCUT2D eigenvalue weighted by atomic mass is 10.1. The number of nitrogens with one attached hydrogen (secondary N) is 1. The monoisotopic (exact) mass is 290 g/mol. The number of nitriles is 1. The van der Waals surface area contributed by atoms with Crippen LogP contribution in [-0.2, 0) is 9.84 Å². The van der Waals surface area contributed by atoms with Crippen LogP contribution in [0.1, 0.15) is 12.1 Å². The zero-order valence-corrected chi connectivity index (χ0v) is 11.8. The van der Waals surface area contributed by atoms with Crippen LogP contribution in [0.25, 0.3) is 10.9 Å². The van der Waals surface area contributed by atoms with Crippen LogP contribution in [0.3, 0.4) is 0 Å². The van der Waals surface area contributed by atoms with Crippen molar-refractivity contribution in [1.29, 1.82) is 5.26 Å². The van der Waals surface area contributed by atoms with Gasteiger partial charge in [-0.1, -0.05) is 18.2 Å². The fourth-order valence-electron chi connectivity index (χ4n) is 1.86. The third kappa shape index (κ3) is 3.42. The largest absolute Gasteiger partial charge is 0.382 e. The first kappa shape index (κ1) is 14.2. The van der Waals surface area contributed by atoms with Crippen molar-refractivity contribution in [3.05, 3.63) is 30.0 Å². The summed E-state index contributed by atoms with van der Waals surface area (Å²) in [6.07, 6.45) is 1.68. The van der Waals surface area contributed by atoms with Crippen molar-refractivity contribution < 1.29 is 8.42 Å². The van der Waals surface area contributed by atoms with Crippen LogP contribution in [0, 0.1) is 11.3 Å². The fraction of sp³-hybridized carbons (Fsp3) is 0.308. The summed E-state index contributed by atoms with van der Waals surface area (Å²) in [5, 5.41) is 20.8. The Bertz CT molecular complexity index is 766. The van der Waals surface area contributed by atoms with E-state index in [2.05, 4.69) is 15.5 Å². The molecule has 1 heterocycles. The molecule has 0 saturated heterocycles. The molecule has 0 aliphatic carbocycles. The minimum Gasteiger partial charge on any atom is -0.382 e. The molecule has 0 radical (unpaired) electrons. The molecule has 0 aliphatic heterocycles. The molecule has 1 N–H and O–H groups in total. The van der Waals surface area contributed by atoms with Crippen LogP contribution < -0.4 is 5.32 Å². The van der Waals surface area contributed by atoms with Gasteiger partial charge in [-0.3, -0.25) is 0 Å². The molecular formula is C13H14N4O2S. The highest BCUT2D eigenvalue weighted by molar-refractivity contribution is 7.90. The quantitative estimate of drug-likeness (QED) is 0.835. The van der Waals surface area contributed by atoms with Gasteiger partial charge in [0.05, 0.1) is 17.0 Å². The van der Waals surface area contributed by atoms with Gasteiger partial charge in [-0.15, -0.1) is 10.2 Å². The summed E-state index contributed by atoms with van der Waals surface area (Å²) in [5.74, 6) is 0.109. The summed E-state index contributed by atoms with van der Waals surface area (Å²) in [7, 11) is -2.97. The molecule has 0 saturated carbocycles. The average molecular weight is 290 g/mol. The number of aromatic nitrogens is 2. The Morgan fingerprint density at radius 3 is 2.75 bits per heavy atom. The van der Waals surface area contributed by atoms with Gasteiger partial charge in [0.2, 0.25) is 0 Å². The van der Waals surface area contributed by atoms with Gasteiger partial charge in [0, 0.05) is 18.2 Å². The van der Waals surface area contributed by atoms with Gasteiger partial charge in [0.1, 0.15) is 15.9 Å². The van der Waals surface area contributed by atoms with Gasteiger partial charge >= 0.3 is 0 Å². The Morgan fingerprint density at radius 1 is 1.30 bits per heavy atom. The summed E-state index contributed by atoms with van der Waals surface area (Å²) in [5.41, 5.74) is 1.51. The molecule has 0 unspecified atom stereocenters. The molecule has 0 atom stereocenters. The van der Waals surface area contributed by atoms with Crippen molar-refractivity contribution in [3.63, 3.8) is 0 Å². The minimum atomic E-state index is -2.97. The average Bonchev–Trinajstić information content (AvgIpc) is 2.42. The van der Waals surface area contributed by atoms with E-state index < -0.39 is 9.84 Å². The summed E-state index contributed by atoms with van der Waals surface area (Å²) < 4.78 is 22.2. The summed E-state index contributed by atoms with van der Waals surface area (Å²) in [6.45, 7) is 0.456. The van der Waals surface area contributed by atoms with Gasteiger partial charge in [-0.2, -0.15) is 5.26 Å². The lowest BCUT2D eigenvalue weighted by Crippen LogP contribution is -2.11. The van der Waals surface area contributed by atoms with E-state index >= 15 is 0 Å². The van der Waals surface area contributed by atoms with E-state index in [9.17, 15) is 8.42 Å². The van der Waals surface area contributed by atoms with Crippen molar-refractivity contribution >= 4 is 26.4 Å². The number of rotatable bonds is 5. The first-order valence-corrected chi connectivity index (χ1v) is 8.14. The molecule has 1 aromatic carbocycles. The second kappa shape index (κ2) is 5.84. The summed E-state index contributed by atoms with van der Waals surface area (Å²) in [6, 6.07) is 9.35. The zero-order chi connectivity index (χ0) is 14.6. The Kier molecular flexibility index (Phi) is 4.15. The molecule has 0 aliphatic rings. The molecule has 0 amide bonds. The molecule has 1 aromatic heterocycles. The van der Waals surface area contributed by atoms with Crippen molar-refractivity contribution in [3.8, 4) is 6.07 Å². The lowest BCUT2D eigenvalue weighted by Gasteiger charge is -2.09. The molecule has 2 aromatic rings. The van der Waals surface area contributed by atoms with Crippen LogP contribution in [0.4, 0.5) is 5.69 Å². The number of hydrogen-bond donors (Lipinski definition) is 1. The lowest BCUT2D eigenvalue weighted by molar-refractivity contribution is 0.600.